The van der Waals surface area contributed by atoms with Crippen molar-refractivity contribution in [3.8, 4) is 0 Å². The maximum absolute atomic E-state index is 5.79. The topological polar surface area (TPSA) is 21.7 Å². The molecule has 0 saturated carbocycles. The van der Waals surface area contributed by atoms with Crippen LogP contribution in [0.25, 0.3) is 0 Å². The summed E-state index contributed by atoms with van der Waals surface area (Å²) in [6, 6.07) is 0.579. The van der Waals surface area contributed by atoms with E-state index in [9.17, 15) is 0 Å². The molecule has 0 aromatic carbocycles. The summed E-state index contributed by atoms with van der Waals surface area (Å²) in [4.78, 5) is 2.68. The van der Waals surface area contributed by atoms with Crippen LogP contribution in [-0.2, 0) is 9.47 Å². The molecule has 0 spiro atoms. The van der Waals surface area contributed by atoms with E-state index in [2.05, 4.69) is 46.4 Å². The Morgan fingerprint density at radius 3 is 2.32 bits per heavy atom. The molecule has 1 unspecified atom stereocenters. The number of rotatable bonds is 6. The largest absolute Gasteiger partial charge is 0.380 e. The minimum absolute atomic E-state index is 0.351. The summed E-state index contributed by atoms with van der Waals surface area (Å²) in [5, 5.41) is 0. The lowest BCUT2D eigenvalue weighted by molar-refractivity contribution is -0.125. The van der Waals surface area contributed by atoms with Gasteiger partial charge in [0.2, 0.25) is 0 Å². The number of morpholine rings is 1. The second-order valence-electron chi connectivity index (χ2n) is 9.92. The molecule has 2 rings (SSSR count). The molecule has 130 valence electrons. The highest BCUT2D eigenvalue weighted by Crippen LogP contribution is 2.42. The fourth-order valence-electron chi connectivity index (χ4n) is 4.07. The number of nitrogens with zero attached hydrogens (tertiary/aromatic N) is 1. The zero-order valence-corrected chi connectivity index (χ0v) is 15.7. The second kappa shape index (κ2) is 6.78. The summed E-state index contributed by atoms with van der Waals surface area (Å²) < 4.78 is 11.2. The molecular weight excluding hydrogens is 274 g/mol. The van der Waals surface area contributed by atoms with Gasteiger partial charge >= 0.3 is 0 Å². The molecule has 3 nitrogen and oxygen atoms in total. The van der Waals surface area contributed by atoms with Crippen molar-refractivity contribution < 1.29 is 9.47 Å². The Morgan fingerprint density at radius 1 is 1.09 bits per heavy atom. The Hall–Kier alpha value is -0.120. The van der Waals surface area contributed by atoms with Crippen LogP contribution in [0.1, 0.15) is 60.8 Å². The van der Waals surface area contributed by atoms with Crippen LogP contribution in [0.4, 0.5) is 0 Å². The van der Waals surface area contributed by atoms with E-state index in [1.54, 1.807) is 0 Å². The quantitative estimate of drug-likeness (QED) is 0.741. The van der Waals surface area contributed by atoms with Crippen LogP contribution >= 0.6 is 0 Å². The zero-order chi connectivity index (χ0) is 16.4. The van der Waals surface area contributed by atoms with Gasteiger partial charge in [-0.15, -0.1) is 0 Å². The summed E-state index contributed by atoms with van der Waals surface area (Å²) >= 11 is 0. The third kappa shape index (κ3) is 5.50. The summed E-state index contributed by atoms with van der Waals surface area (Å²) in [6.45, 7) is 20.2. The van der Waals surface area contributed by atoms with Crippen LogP contribution in [0.2, 0.25) is 0 Å². The molecule has 2 fully saturated rings. The highest BCUT2D eigenvalue weighted by Gasteiger charge is 2.40. The first kappa shape index (κ1) is 18.2. The molecule has 3 heteroatoms. The first-order valence-corrected chi connectivity index (χ1v) is 8.98. The molecule has 2 saturated heterocycles. The van der Waals surface area contributed by atoms with Crippen molar-refractivity contribution >= 4 is 0 Å². The number of ether oxygens (including phenoxy) is 2. The van der Waals surface area contributed by atoms with Crippen molar-refractivity contribution in [2.45, 2.75) is 66.8 Å². The first-order valence-electron chi connectivity index (χ1n) is 8.98. The highest BCUT2D eigenvalue weighted by atomic mass is 16.5. The average Bonchev–Trinajstić information content (AvgIpc) is 2.34. The summed E-state index contributed by atoms with van der Waals surface area (Å²) in [6.07, 6.45) is 3.74. The fourth-order valence-corrected chi connectivity index (χ4v) is 4.07. The molecule has 0 aliphatic carbocycles. The van der Waals surface area contributed by atoms with Gasteiger partial charge in [-0.05, 0) is 36.6 Å². The van der Waals surface area contributed by atoms with Gasteiger partial charge in [0.05, 0.1) is 26.4 Å². The lowest BCUT2D eigenvalue weighted by atomic mass is 9.70. The van der Waals surface area contributed by atoms with E-state index < -0.39 is 0 Å². The monoisotopic (exact) mass is 311 g/mol. The fraction of sp³-hybridized carbons (Fsp3) is 1.00. The maximum Gasteiger partial charge on any atom is 0.0622 e. The lowest BCUT2D eigenvalue weighted by Gasteiger charge is -2.46. The molecule has 0 aromatic rings. The van der Waals surface area contributed by atoms with Crippen LogP contribution in [0.15, 0.2) is 0 Å². The normalized spacial score (nSPS) is 26.7. The third-order valence-corrected chi connectivity index (χ3v) is 5.09. The molecule has 2 aliphatic heterocycles. The Labute approximate surface area is 137 Å². The van der Waals surface area contributed by atoms with Crippen molar-refractivity contribution in [3.63, 3.8) is 0 Å². The number of hydrogen-bond acceptors (Lipinski definition) is 3. The van der Waals surface area contributed by atoms with Gasteiger partial charge in [-0.25, -0.2) is 0 Å². The first-order chi connectivity index (χ1) is 10.1. The summed E-state index contributed by atoms with van der Waals surface area (Å²) in [5.74, 6) is 0. The summed E-state index contributed by atoms with van der Waals surface area (Å²) in [5.41, 5.74) is 1.16. The van der Waals surface area contributed by atoms with Gasteiger partial charge in [0, 0.05) is 18.0 Å². The van der Waals surface area contributed by atoms with Gasteiger partial charge in [-0.3, -0.25) is 4.90 Å². The maximum atomic E-state index is 5.79. The van der Waals surface area contributed by atoms with Crippen molar-refractivity contribution in [2.75, 3.05) is 39.5 Å². The van der Waals surface area contributed by atoms with E-state index in [-0.39, 0.29) is 0 Å². The van der Waals surface area contributed by atoms with Crippen LogP contribution in [0.5, 0.6) is 0 Å². The molecule has 2 heterocycles. The third-order valence-electron chi connectivity index (χ3n) is 5.09. The van der Waals surface area contributed by atoms with Gasteiger partial charge < -0.3 is 9.47 Å². The Balaban J connectivity index is 1.89. The molecule has 1 atom stereocenters. The van der Waals surface area contributed by atoms with Gasteiger partial charge in [-0.2, -0.15) is 0 Å². The summed E-state index contributed by atoms with van der Waals surface area (Å²) in [7, 11) is 0. The molecule has 2 aliphatic rings. The van der Waals surface area contributed by atoms with Crippen molar-refractivity contribution in [1.82, 2.24) is 4.90 Å². The van der Waals surface area contributed by atoms with E-state index >= 15 is 0 Å². The van der Waals surface area contributed by atoms with Crippen molar-refractivity contribution in [2.24, 2.45) is 16.2 Å². The smallest absolute Gasteiger partial charge is 0.0622 e. The highest BCUT2D eigenvalue weighted by molar-refractivity contribution is 4.90. The van der Waals surface area contributed by atoms with Gasteiger partial charge in [-0.1, -0.05) is 41.5 Å². The van der Waals surface area contributed by atoms with E-state index in [1.165, 1.54) is 25.8 Å². The predicted octanol–water partition coefficient (Wildman–Crippen LogP) is 3.97. The minimum atomic E-state index is 0.351. The van der Waals surface area contributed by atoms with Crippen molar-refractivity contribution in [3.05, 3.63) is 0 Å². The molecule has 0 bridgehead atoms. The second-order valence-corrected chi connectivity index (χ2v) is 9.92. The van der Waals surface area contributed by atoms with E-state index in [4.69, 9.17) is 9.47 Å². The number of hydrogen-bond donors (Lipinski definition) is 0. The minimum Gasteiger partial charge on any atom is -0.380 e. The molecular formula is C19H37NO2. The van der Waals surface area contributed by atoms with E-state index in [0.29, 0.717) is 22.3 Å². The van der Waals surface area contributed by atoms with Crippen LogP contribution in [0.3, 0.4) is 0 Å². The van der Waals surface area contributed by atoms with E-state index in [1.807, 2.05) is 0 Å². The standard InChI is InChI=1S/C19H37NO2/c1-17(2,3)7-8-20-9-10-21-12-16(20)11-18(4,5)13-19(6)14-22-15-19/h16H,7-15H2,1-6H3. The molecule has 0 N–H and O–H groups in total. The molecule has 0 amide bonds. The lowest BCUT2D eigenvalue weighted by Crippen LogP contribution is -2.49. The van der Waals surface area contributed by atoms with E-state index in [0.717, 1.165) is 33.0 Å². The van der Waals surface area contributed by atoms with Gasteiger partial charge in [0.1, 0.15) is 0 Å². The van der Waals surface area contributed by atoms with Crippen LogP contribution in [-0.4, -0.2) is 50.5 Å². The predicted molar refractivity (Wildman–Crippen MR) is 92.2 cm³/mol. The Kier molecular flexibility index (Phi) is 5.62. The Morgan fingerprint density at radius 2 is 1.77 bits per heavy atom. The zero-order valence-electron chi connectivity index (χ0n) is 15.7. The van der Waals surface area contributed by atoms with Crippen LogP contribution in [0, 0.1) is 16.2 Å². The molecule has 0 radical (unpaired) electrons. The SMILES string of the molecule is CC(C)(C)CCN1CCOCC1CC(C)(C)CC1(C)COC1. The van der Waals surface area contributed by atoms with Crippen molar-refractivity contribution in [1.29, 1.82) is 0 Å². The van der Waals surface area contributed by atoms with Gasteiger partial charge in [0.15, 0.2) is 0 Å². The van der Waals surface area contributed by atoms with Crippen LogP contribution < -0.4 is 0 Å². The average molecular weight is 312 g/mol. The molecule has 22 heavy (non-hydrogen) atoms. The van der Waals surface area contributed by atoms with Gasteiger partial charge in [0.25, 0.3) is 0 Å². The molecule has 0 aromatic heterocycles. The Bertz CT molecular complexity index is 355.